The summed E-state index contributed by atoms with van der Waals surface area (Å²) >= 11 is 0.945. The second kappa shape index (κ2) is 8.94. The summed E-state index contributed by atoms with van der Waals surface area (Å²) in [7, 11) is -0.995. The van der Waals surface area contributed by atoms with Gasteiger partial charge in [0.1, 0.15) is 5.82 Å². The van der Waals surface area contributed by atoms with Gasteiger partial charge in [0.2, 0.25) is 5.91 Å². The van der Waals surface area contributed by atoms with E-state index < -0.39 is 33.5 Å². The Labute approximate surface area is 195 Å². The zero-order valence-corrected chi connectivity index (χ0v) is 19.8. The van der Waals surface area contributed by atoms with E-state index in [4.69, 9.17) is 0 Å². The SMILES string of the molecule is CC1(C)CC(C(=O)N2CCN(c3cnc(C(F)(F)F)cn3)CC2c2ccc(F)s2)CCS1=O. The molecule has 2 aliphatic rings. The van der Waals surface area contributed by atoms with Gasteiger partial charge in [-0.05, 0) is 38.8 Å². The van der Waals surface area contributed by atoms with Crippen molar-refractivity contribution in [2.45, 2.75) is 43.7 Å². The first-order chi connectivity index (χ1) is 15.5. The molecule has 1 amide bonds. The van der Waals surface area contributed by atoms with Gasteiger partial charge in [0.25, 0.3) is 0 Å². The number of hydrogen-bond donors (Lipinski definition) is 0. The van der Waals surface area contributed by atoms with Crippen molar-refractivity contribution in [2.75, 3.05) is 30.3 Å². The summed E-state index contributed by atoms with van der Waals surface area (Å²) in [5, 5.41) is -0.377. The van der Waals surface area contributed by atoms with Crippen LogP contribution in [-0.2, 0) is 21.8 Å². The highest BCUT2D eigenvalue weighted by atomic mass is 32.2. The number of piperazine rings is 1. The Kier molecular flexibility index (Phi) is 6.51. The maximum Gasteiger partial charge on any atom is 0.434 e. The summed E-state index contributed by atoms with van der Waals surface area (Å²) in [6.07, 6.45) is -1.77. The lowest BCUT2D eigenvalue weighted by molar-refractivity contribution is -0.141. The highest BCUT2D eigenvalue weighted by Crippen LogP contribution is 2.37. The zero-order chi connectivity index (χ0) is 24.0. The quantitative estimate of drug-likeness (QED) is 0.591. The molecule has 0 spiro atoms. The van der Waals surface area contributed by atoms with Gasteiger partial charge in [0.15, 0.2) is 10.8 Å². The molecule has 2 saturated heterocycles. The minimum atomic E-state index is -4.58. The second-order valence-corrected chi connectivity index (χ2v) is 12.2. The highest BCUT2D eigenvalue weighted by molar-refractivity contribution is 7.86. The first-order valence-electron chi connectivity index (χ1n) is 10.5. The summed E-state index contributed by atoms with van der Waals surface area (Å²) < 4.78 is 64.1. The van der Waals surface area contributed by atoms with Gasteiger partial charge < -0.3 is 9.80 Å². The zero-order valence-electron chi connectivity index (χ0n) is 18.1. The molecule has 3 unspecified atom stereocenters. The van der Waals surface area contributed by atoms with Crippen LogP contribution >= 0.6 is 11.3 Å². The number of carbonyl (C=O) groups excluding carboxylic acids is 1. The topological polar surface area (TPSA) is 66.4 Å². The lowest BCUT2D eigenvalue weighted by Gasteiger charge is -2.44. The number of amides is 1. The Morgan fingerprint density at radius 3 is 2.55 bits per heavy atom. The summed E-state index contributed by atoms with van der Waals surface area (Å²) in [4.78, 5) is 25.1. The van der Waals surface area contributed by atoms with E-state index in [-0.39, 0.29) is 29.3 Å². The number of rotatable bonds is 3. The molecule has 0 saturated carbocycles. The Morgan fingerprint density at radius 1 is 1.21 bits per heavy atom. The monoisotopic (exact) mass is 504 g/mol. The third-order valence-electron chi connectivity index (χ3n) is 6.19. The lowest BCUT2D eigenvalue weighted by atomic mass is 9.91. The summed E-state index contributed by atoms with van der Waals surface area (Å²) in [5.41, 5.74) is -1.07. The van der Waals surface area contributed by atoms with Crippen molar-refractivity contribution in [3.8, 4) is 0 Å². The number of anilines is 1. The predicted octanol–water partition coefficient (Wildman–Crippen LogP) is 4.02. The number of hydrogen-bond acceptors (Lipinski definition) is 6. The van der Waals surface area contributed by atoms with E-state index in [0.29, 0.717) is 42.8 Å². The van der Waals surface area contributed by atoms with E-state index in [1.807, 2.05) is 13.8 Å². The number of carbonyl (C=O) groups is 1. The van der Waals surface area contributed by atoms with E-state index in [1.165, 1.54) is 6.07 Å². The summed E-state index contributed by atoms with van der Waals surface area (Å²) in [6, 6.07) is 2.50. The third-order valence-corrected chi connectivity index (χ3v) is 9.17. The van der Waals surface area contributed by atoms with Crippen LogP contribution in [0.5, 0.6) is 0 Å². The fourth-order valence-electron chi connectivity index (χ4n) is 4.40. The molecule has 2 fully saturated rings. The minimum absolute atomic E-state index is 0.0586. The van der Waals surface area contributed by atoms with Crippen molar-refractivity contribution < 1.29 is 26.6 Å². The van der Waals surface area contributed by atoms with Gasteiger partial charge in [0, 0.05) is 51.7 Å². The Morgan fingerprint density at radius 2 is 1.97 bits per heavy atom. The molecule has 6 nitrogen and oxygen atoms in total. The van der Waals surface area contributed by atoms with Crippen molar-refractivity contribution in [1.82, 2.24) is 14.9 Å². The van der Waals surface area contributed by atoms with Gasteiger partial charge in [-0.2, -0.15) is 17.6 Å². The fraction of sp³-hybridized carbons (Fsp3) is 0.571. The maximum absolute atomic E-state index is 13.8. The fourth-order valence-corrected chi connectivity index (χ4v) is 6.67. The summed E-state index contributed by atoms with van der Waals surface area (Å²) in [5.74, 6) is 0.397. The molecule has 0 N–H and O–H groups in total. The molecule has 0 radical (unpaired) electrons. The van der Waals surface area contributed by atoms with Gasteiger partial charge in [-0.1, -0.05) is 0 Å². The normalized spacial score (nSPS) is 25.8. The average Bonchev–Trinajstić information content (AvgIpc) is 3.20. The van der Waals surface area contributed by atoms with Crippen LogP contribution in [0, 0.1) is 11.0 Å². The molecule has 33 heavy (non-hydrogen) atoms. The first kappa shape index (κ1) is 24.1. The molecule has 180 valence electrons. The molecule has 0 aliphatic carbocycles. The smallest absolute Gasteiger partial charge is 0.351 e. The van der Waals surface area contributed by atoms with Gasteiger partial charge in [-0.15, -0.1) is 11.3 Å². The molecule has 4 heterocycles. The van der Waals surface area contributed by atoms with Crippen LogP contribution in [0.4, 0.5) is 23.4 Å². The van der Waals surface area contributed by atoms with E-state index >= 15 is 0 Å². The van der Waals surface area contributed by atoms with Crippen molar-refractivity contribution in [1.29, 1.82) is 0 Å². The van der Waals surface area contributed by atoms with Crippen LogP contribution in [-0.4, -0.2) is 55.1 Å². The molecular formula is C21H24F4N4O2S2. The Bertz CT molecular complexity index is 1040. The first-order valence-corrected chi connectivity index (χ1v) is 12.7. The van der Waals surface area contributed by atoms with Crippen molar-refractivity contribution >= 4 is 33.9 Å². The number of thiophene rings is 1. The standard InChI is InChI=1S/C21H24F4N4O2S2/c1-20(2)9-13(5-8-33(20)31)19(30)29-7-6-28(12-14(29)15-3-4-17(22)32-15)18-11-26-16(10-27-18)21(23,24)25/h3-4,10-11,13-14H,5-9,12H2,1-2H3. The number of aromatic nitrogens is 2. The number of halogens is 4. The molecule has 0 bridgehead atoms. The van der Waals surface area contributed by atoms with Gasteiger partial charge in [0.05, 0.1) is 18.4 Å². The lowest BCUT2D eigenvalue weighted by Crippen LogP contribution is -2.53. The van der Waals surface area contributed by atoms with Crippen LogP contribution in [0.25, 0.3) is 0 Å². The minimum Gasteiger partial charge on any atom is -0.351 e. The molecule has 3 atom stereocenters. The highest BCUT2D eigenvalue weighted by Gasteiger charge is 2.42. The largest absolute Gasteiger partial charge is 0.434 e. The summed E-state index contributed by atoms with van der Waals surface area (Å²) in [6.45, 7) is 4.73. The average molecular weight is 505 g/mol. The number of nitrogens with zero attached hydrogens (tertiary/aromatic N) is 4. The third kappa shape index (κ3) is 5.06. The van der Waals surface area contributed by atoms with E-state index in [0.717, 1.165) is 17.5 Å². The van der Waals surface area contributed by atoms with Gasteiger partial charge >= 0.3 is 6.18 Å². The van der Waals surface area contributed by atoms with E-state index in [1.54, 1.807) is 15.9 Å². The van der Waals surface area contributed by atoms with Crippen molar-refractivity contribution in [3.63, 3.8) is 0 Å². The maximum atomic E-state index is 13.8. The predicted molar refractivity (Wildman–Crippen MR) is 118 cm³/mol. The van der Waals surface area contributed by atoms with E-state index in [9.17, 15) is 26.6 Å². The molecule has 2 aromatic heterocycles. The van der Waals surface area contributed by atoms with Gasteiger partial charge in [-0.3, -0.25) is 9.00 Å². The van der Waals surface area contributed by atoms with E-state index in [2.05, 4.69) is 9.97 Å². The van der Waals surface area contributed by atoms with Crippen LogP contribution in [0.1, 0.15) is 43.3 Å². The molecule has 2 aromatic rings. The van der Waals surface area contributed by atoms with Crippen LogP contribution < -0.4 is 4.90 Å². The van der Waals surface area contributed by atoms with Gasteiger partial charge in [-0.25, -0.2) is 9.97 Å². The number of alkyl halides is 3. The molecule has 2 aliphatic heterocycles. The van der Waals surface area contributed by atoms with Crippen molar-refractivity contribution in [2.24, 2.45) is 5.92 Å². The molecule has 4 rings (SSSR count). The molecular weight excluding hydrogens is 480 g/mol. The van der Waals surface area contributed by atoms with Crippen molar-refractivity contribution in [3.05, 3.63) is 40.2 Å². The van der Waals surface area contributed by atoms with Crippen LogP contribution in [0.3, 0.4) is 0 Å². The Hall–Kier alpha value is -2.08. The van der Waals surface area contributed by atoms with Crippen LogP contribution in [0.2, 0.25) is 0 Å². The molecule has 0 aromatic carbocycles. The molecule has 12 heteroatoms. The second-order valence-electron chi connectivity index (χ2n) is 8.89. The Balaban J connectivity index is 1.57. The van der Waals surface area contributed by atoms with Crippen LogP contribution in [0.15, 0.2) is 24.5 Å².